The number of amides is 1. The number of aromatic amines is 1. The Labute approximate surface area is 122 Å². The van der Waals surface area contributed by atoms with Gasteiger partial charge in [-0.15, -0.1) is 0 Å². The molecular weight excluding hydrogens is 264 g/mol. The Morgan fingerprint density at radius 1 is 1.14 bits per heavy atom. The van der Waals surface area contributed by atoms with Crippen LogP contribution in [0.5, 0.6) is 5.75 Å². The normalized spacial score (nSPS) is 10.5. The van der Waals surface area contributed by atoms with Crippen molar-refractivity contribution in [1.29, 1.82) is 0 Å². The lowest BCUT2D eigenvalue weighted by Crippen LogP contribution is -2.14. The highest BCUT2D eigenvalue weighted by Gasteiger charge is 2.12. The van der Waals surface area contributed by atoms with Gasteiger partial charge in [-0.25, -0.2) is 0 Å². The van der Waals surface area contributed by atoms with Crippen molar-refractivity contribution in [2.75, 3.05) is 12.4 Å². The van der Waals surface area contributed by atoms with Gasteiger partial charge in [0.2, 0.25) is 5.91 Å². The van der Waals surface area contributed by atoms with Crippen molar-refractivity contribution in [3.05, 3.63) is 60.3 Å². The molecule has 1 aromatic heterocycles. The van der Waals surface area contributed by atoms with Crippen molar-refractivity contribution in [1.82, 2.24) is 4.98 Å². The molecule has 2 N–H and O–H groups in total. The fourth-order valence-electron chi connectivity index (χ4n) is 2.43. The van der Waals surface area contributed by atoms with Crippen molar-refractivity contribution in [3.63, 3.8) is 0 Å². The van der Waals surface area contributed by atoms with Crippen LogP contribution in [0.4, 0.5) is 5.69 Å². The largest absolute Gasteiger partial charge is 0.496 e. The third-order valence-corrected chi connectivity index (χ3v) is 3.38. The van der Waals surface area contributed by atoms with E-state index in [2.05, 4.69) is 10.3 Å². The molecule has 4 nitrogen and oxygen atoms in total. The lowest BCUT2D eigenvalue weighted by molar-refractivity contribution is -0.115. The van der Waals surface area contributed by atoms with Gasteiger partial charge < -0.3 is 15.0 Å². The average molecular weight is 280 g/mol. The molecule has 0 aliphatic carbocycles. The van der Waals surface area contributed by atoms with Gasteiger partial charge in [0.25, 0.3) is 0 Å². The molecule has 2 aromatic carbocycles. The number of nitrogens with one attached hydrogen (secondary N) is 2. The molecule has 106 valence electrons. The van der Waals surface area contributed by atoms with Crippen LogP contribution in [0.15, 0.2) is 54.7 Å². The van der Waals surface area contributed by atoms with E-state index >= 15 is 0 Å². The summed E-state index contributed by atoms with van der Waals surface area (Å²) in [5.74, 6) is 0.726. The molecule has 0 aliphatic rings. The van der Waals surface area contributed by atoms with Gasteiger partial charge in [0.05, 0.1) is 13.5 Å². The number of carbonyl (C=O) groups excluding carboxylic acids is 1. The van der Waals surface area contributed by atoms with Crippen LogP contribution < -0.4 is 10.1 Å². The maximum Gasteiger partial charge on any atom is 0.228 e. The van der Waals surface area contributed by atoms with Crippen LogP contribution in [0.1, 0.15) is 5.56 Å². The molecule has 0 radical (unpaired) electrons. The molecule has 0 unspecified atom stereocenters. The van der Waals surface area contributed by atoms with Crippen LogP contribution in [0.2, 0.25) is 0 Å². The van der Waals surface area contributed by atoms with E-state index in [1.165, 1.54) is 0 Å². The van der Waals surface area contributed by atoms with Crippen molar-refractivity contribution in [3.8, 4) is 5.75 Å². The standard InChI is InChI=1S/C17H16N2O2/c1-21-15-9-5-8-14-17(15)12(11-18-14)10-16(20)19-13-6-3-2-4-7-13/h2-9,11,18H,10H2,1H3,(H,19,20). The van der Waals surface area contributed by atoms with Crippen LogP contribution in [0.25, 0.3) is 10.9 Å². The summed E-state index contributed by atoms with van der Waals surface area (Å²) in [4.78, 5) is 15.3. The number of hydrogen-bond donors (Lipinski definition) is 2. The molecular formula is C17H16N2O2. The Morgan fingerprint density at radius 2 is 1.95 bits per heavy atom. The second-order valence-corrected chi connectivity index (χ2v) is 4.79. The van der Waals surface area contributed by atoms with Gasteiger partial charge >= 0.3 is 0 Å². The van der Waals surface area contributed by atoms with Crippen LogP contribution in [-0.4, -0.2) is 18.0 Å². The Morgan fingerprint density at radius 3 is 2.71 bits per heavy atom. The number of ether oxygens (including phenoxy) is 1. The van der Waals surface area contributed by atoms with Crippen molar-refractivity contribution in [2.45, 2.75) is 6.42 Å². The molecule has 0 saturated heterocycles. The first kappa shape index (κ1) is 13.2. The second kappa shape index (κ2) is 5.71. The number of carbonyl (C=O) groups is 1. The first-order valence-electron chi connectivity index (χ1n) is 6.76. The fraction of sp³-hybridized carbons (Fsp3) is 0.118. The van der Waals surface area contributed by atoms with Gasteiger partial charge in [-0.2, -0.15) is 0 Å². The van der Waals surface area contributed by atoms with E-state index in [1.54, 1.807) is 7.11 Å². The van der Waals surface area contributed by atoms with E-state index < -0.39 is 0 Å². The highest BCUT2D eigenvalue weighted by Crippen LogP contribution is 2.28. The third kappa shape index (κ3) is 2.74. The van der Waals surface area contributed by atoms with Crippen molar-refractivity contribution < 1.29 is 9.53 Å². The highest BCUT2D eigenvalue weighted by atomic mass is 16.5. The number of benzene rings is 2. The van der Waals surface area contributed by atoms with E-state index in [9.17, 15) is 4.79 Å². The summed E-state index contributed by atoms with van der Waals surface area (Å²) in [5.41, 5.74) is 2.70. The maximum atomic E-state index is 12.2. The number of aromatic nitrogens is 1. The van der Waals surface area contributed by atoms with E-state index in [1.807, 2.05) is 54.7 Å². The highest BCUT2D eigenvalue weighted by molar-refractivity contribution is 5.97. The molecule has 0 atom stereocenters. The Hall–Kier alpha value is -2.75. The zero-order valence-corrected chi connectivity index (χ0v) is 11.7. The van der Waals surface area contributed by atoms with E-state index in [0.717, 1.165) is 27.9 Å². The van der Waals surface area contributed by atoms with Crippen molar-refractivity contribution >= 4 is 22.5 Å². The van der Waals surface area contributed by atoms with E-state index in [0.29, 0.717) is 6.42 Å². The minimum Gasteiger partial charge on any atom is -0.496 e. The number of fused-ring (bicyclic) bond motifs is 1. The zero-order chi connectivity index (χ0) is 14.7. The number of rotatable bonds is 4. The monoisotopic (exact) mass is 280 g/mol. The Kier molecular flexibility index (Phi) is 3.60. The lowest BCUT2D eigenvalue weighted by Gasteiger charge is -2.06. The van der Waals surface area contributed by atoms with Crippen LogP contribution in [0, 0.1) is 0 Å². The molecule has 0 fully saturated rings. The van der Waals surface area contributed by atoms with Gasteiger partial charge in [0.15, 0.2) is 0 Å². The van der Waals surface area contributed by atoms with Crippen LogP contribution in [0.3, 0.4) is 0 Å². The Balaban J connectivity index is 1.83. The molecule has 1 amide bonds. The molecule has 0 spiro atoms. The summed E-state index contributed by atoms with van der Waals surface area (Å²) < 4.78 is 5.37. The number of anilines is 1. The molecule has 0 bridgehead atoms. The molecule has 3 rings (SSSR count). The summed E-state index contributed by atoms with van der Waals surface area (Å²) in [6.07, 6.45) is 2.16. The predicted octanol–water partition coefficient (Wildman–Crippen LogP) is 3.36. The van der Waals surface area contributed by atoms with Crippen LogP contribution >= 0.6 is 0 Å². The average Bonchev–Trinajstić information content (AvgIpc) is 2.91. The number of hydrogen-bond acceptors (Lipinski definition) is 2. The second-order valence-electron chi connectivity index (χ2n) is 4.79. The minimum absolute atomic E-state index is 0.0481. The maximum absolute atomic E-state index is 12.2. The smallest absolute Gasteiger partial charge is 0.228 e. The summed E-state index contributed by atoms with van der Waals surface area (Å²) in [7, 11) is 1.63. The molecule has 4 heteroatoms. The molecule has 0 saturated carbocycles. The topological polar surface area (TPSA) is 54.1 Å². The summed E-state index contributed by atoms with van der Waals surface area (Å²) in [5, 5.41) is 3.85. The third-order valence-electron chi connectivity index (χ3n) is 3.38. The van der Waals surface area contributed by atoms with Gasteiger partial charge in [-0.3, -0.25) is 4.79 Å². The lowest BCUT2D eigenvalue weighted by atomic mass is 10.1. The predicted molar refractivity (Wildman–Crippen MR) is 83.6 cm³/mol. The Bertz CT molecular complexity index is 763. The molecule has 3 aromatic rings. The van der Waals surface area contributed by atoms with E-state index in [4.69, 9.17) is 4.74 Å². The van der Waals surface area contributed by atoms with Gasteiger partial charge in [-0.1, -0.05) is 24.3 Å². The first-order valence-corrected chi connectivity index (χ1v) is 6.76. The van der Waals surface area contributed by atoms with Gasteiger partial charge in [0, 0.05) is 22.8 Å². The summed E-state index contributed by atoms with van der Waals surface area (Å²) >= 11 is 0. The SMILES string of the molecule is COc1cccc2[nH]cc(CC(=O)Nc3ccccc3)c12. The first-order chi connectivity index (χ1) is 10.3. The van der Waals surface area contributed by atoms with Gasteiger partial charge in [-0.05, 0) is 29.8 Å². The summed E-state index contributed by atoms with van der Waals surface area (Å²) in [6, 6.07) is 15.2. The van der Waals surface area contributed by atoms with Gasteiger partial charge in [0.1, 0.15) is 5.75 Å². The quantitative estimate of drug-likeness (QED) is 0.770. The number of para-hydroxylation sites is 1. The molecule has 1 heterocycles. The molecule has 21 heavy (non-hydrogen) atoms. The van der Waals surface area contributed by atoms with Crippen LogP contribution in [-0.2, 0) is 11.2 Å². The zero-order valence-electron chi connectivity index (χ0n) is 11.7. The van der Waals surface area contributed by atoms with Crippen molar-refractivity contribution in [2.24, 2.45) is 0 Å². The number of H-pyrrole nitrogens is 1. The minimum atomic E-state index is -0.0481. The molecule has 0 aliphatic heterocycles. The van der Waals surface area contributed by atoms with E-state index in [-0.39, 0.29) is 5.91 Å². The number of methoxy groups -OCH3 is 1. The fourth-order valence-corrected chi connectivity index (χ4v) is 2.43. The summed E-state index contributed by atoms with van der Waals surface area (Å²) in [6.45, 7) is 0.